The highest BCUT2D eigenvalue weighted by Crippen LogP contribution is 2.35. The number of hydrogen-bond donors (Lipinski definition) is 1. The molecule has 0 spiro atoms. The first-order chi connectivity index (χ1) is 14.2. The average molecular weight is 426 g/mol. The van der Waals surface area contributed by atoms with Gasteiger partial charge in [0.15, 0.2) is 0 Å². The van der Waals surface area contributed by atoms with E-state index < -0.39 is 0 Å². The van der Waals surface area contributed by atoms with Crippen molar-refractivity contribution in [3.05, 3.63) is 94.0 Å². The Bertz CT molecular complexity index is 1010. The van der Waals surface area contributed by atoms with Crippen LogP contribution in [0.4, 0.5) is 5.69 Å². The zero-order valence-corrected chi connectivity index (χ0v) is 17.5. The topological polar surface area (TPSA) is 36.9 Å². The minimum absolute atomic E-state index is 0.0538. The highest BCUT2D eigenvalue weighted by molar-refractivity contribution is 6.42. The third kappa shape index (κ3) is 4.34. The standard InChI is InChI=1S/C23H21Cl2N3O/c1-29-19-10-7-17(8-11-19)22-23(26-14-16-5-3-2-4-6-16)27-15-28(22)18-9-12-20(24)21(25)13-18/h2-13,22H,14-15H2,1H3,(H,26,27). The van der Waals surface area contributed by atoms with Crippen LogP contribution >= 0.6 is 23.2 Å². The van der Waals surface area contributed by atoms with Crippen LogP contribution < -0.4 is 15.0 Å². The summed E-state index contributed by atoms with van der Waals surface area (Å²) in [4.78, 5) is 6.99. The Hall–Kier alpha value is -2.69. The van der Waals surface area contributed by atoms with Gasteiger partial charge in [-0.15, -0.1) is 0 Å². The molecule has 4 nitrogen and oxygen atoms in total. The maximum atomic E-state index is 6.27. The number of nitrogens with one attached hydrogen (secondary N) is 1. The van der Waals surface area contributed by atoms with E-state index in [2.05, 4.69) is 34.5 Å². The van der Waals surface area contributed by atoms with Crippen LogP contribution in [0.2, 0.25) is 10.0 Å². The number of amidine groups is 1. The van der Waals surface area contributed by atoms with Crippen molar-refractivity contribution >= 4 is 34.7 Å². The second kappa shape index (κ2) is 8.76. The molecule has 1 aliphatic heterocycles. The summed E-state index contributed by atoms with van der Waals surface area (Å²) >= 11 is 12.4. The van der Waals surface area contributed by atoms with Crippen molar-refractivity contribution in [2.24, 2.45) is 4.99 Å². The molecule has 29 heavy (non-hydrogen) atoms. The van der Waals surface area contributed by atoms with Crippen molar-refractivity contribution in [1.82, 2.24) is 5.32 Å². The van der Waals surface area contributed by atoms with Gasteiger partial charge in [0.1, 0.15) is 24.3 Å². The van der Waals surface area contributed by atoms with Crippen LogP contribution in [-0.2, 0) is 6.54 Å². The molecule has 1 N–H and O–H groups in total. The maximum absolute atomic E-state index is 6.27. The predicted molar refractivity (Wildman–Crippen MR) is 120 cm³/mol. The zero-order valence-electron chi connectivity index (χ0n) is 16.0. The second-order valence-corrected chi connectivity index (χ2v) is 7.58. The second-order valence-electron chi connectivity index (χ2n) is 6.77. The van der Waals surface area contributed by atoms with Crippen LogP contribution in [-0.4, -0.2) is 19.6 Å². The lowest BCUT2D eigenvalue weighted by Gasteiger charge is -2.28. The van der Waals surface area contributed by atoms with Gasteiger partial charge in [0, 0.05) is 12.2 Å². The quantitative estimate of drug-likeness (QED) is 0.568. The van der Waals surface area contributed by atoms with Crippen molar-refractivity contribution in [3.63, 3.8) is 0 Å². The van der Waals surface area contributed by atoms with Crippen molar-refractivity contribution in [3.8, 4) is 5.75 Å². The van der Waals surface area contributed by atoms with Gasteiger partial charge in [-0.25, -0.2) is 4.99 Å². The monoisotopic (exact) mass is 425 g/mol. The van der Waals surface area contributed by atoms with Crippen LogP contribution in [0.1, 0.15) is 17.2 Å². The van der Waals surface area contributed by atoms with Gasteiger partial charge in [-0.2, -0.15) is 0 Å². The number of anilines is 1. The molecule has 1 heterocycles. The lowest BCUT2D eigenvalue weighted by molar-refractivity contribution is 0.414. The fourth-order valence-electron chi connectivity index (χ4n) is 3.43. The molecule has 1 aliphatic rings. The van der Waals surface area contributed by atoms with E-state index in [1.807, 2.05) is 48.5 Å². The van der Waals surface area contributed by atoms with Crippen LogP contribution in [0.5, 0.6) is 5.75 Å². The summed E-state index contributed by atoms with van der Waals surface area (Å²) in [6.07, 6.45) is 0. The molecule has 0 radical (unpaired) electrons. The number of halogens is 2. The van der Waals surface area contributed by atoms with Crippen molar-refractivity contribution in [2.75, 3.05) is 18.7 Å². The van der Waals surface area contributed by atoms with Gasteiger partial charge in [-0.05, 0) is 41.5 Å². The fraction of sp³-hybridized carbons (Fsp3) is 0.174. The van der Waals surface area contributed by atoms with Crippen molar-refractivity contribution < 1.29 is 4.74 Å². The normalized spacial score (nSPS) is 15.9. The fourth-order valence-corrected chi connectivity index (χ4v) is 3.72. The van der Waals surface area contributed by atoms with Gasteiger partial charge in [-0.3, -0.25) is 0 Å². The summed E-state index contributed by atoms with van der Waals surface area (Å²) < 4.78 is 5.31. The largest absolute Gasteiger partial charge is 0.497 e. The Balaban J connectivity index is 1.63. The average Bonchev–Trinajstić information content (AvgIpc) is 3.19. The molecular weight excluding hydrogens is 405 g/mol. The van der Waals surface area contributed by atoms with Gasteiger partial charge in [0.05, 0.1) is 17.2 Å². The van der Waals surface area contributed by atoms with E-state index in [9.17, 15) is 0 Å². The first-order valence-electron chi connectivity index (χ1n) is 9.33. The predicted octanol–water partition coefficient (Wildman–Crippen LogP) is 5.71. The molecule has 4 rings (SSSR count). The van der Waals surface area contributed by atoms with Gasteiger partial charge < -0.3 is 15.0 Å². The van der Waals surface area contributed by atoms with Crippen molar-refractivity contribution in [2.45, 2.75) is 12.6 Å². The summed E-state index contributed by atoms with van der Waals surface area (Å²) in [6, 6.07) is 24.0. The molecule has 3 aromatic rings. The Labute approximate surface area is 180 Å². The number of rotatable bonds is 5. The van der Waals surface area contributed by atoms with Gasteiger partial charge in [0.25, 0.3) is 0 Å². The molecule has 0 bridgehead atoms. The van der Waals surface area contributed by atoms with Crippen LogP contribution in [0.15, 0.2) is 77.8 Å². The Morgan fingerprint density at radius 3 is 2.45 bits per heavy atom. The Morgan fingerprint density at radius 2 is 1.76 bits per heavy atom. The number of hydrogen-bond acceptors (Lipinski definition) is 4. The molecule has 0 saturated carbocycles. The minimum atomic E-state index is -0.0538. The third-order valence-electron chi connectivity index (χ3n) is 4.95. The first-order valence-corrected chi connectivity index (χ1v) is 10.1. The maximum Gasteiger partial charge on any atom is 0.126 e. The van der Waals surface area contributed by atoms with E-state index in [4.69, 9.17) is 32.9 Å². The molecule has 3 aromatic carbocycles. The van der Waals surface area contributed by atoms with Crippen LogP contribution in [0, 0.1) is 0 Å². The van der Waals surface area contributed by atoms with Gasteiger partial charge in [-0.1, -0.05) is 65.7 Å². The molecule has 1 atom stereocenters. The van der Waals surface area contributed by atoms with Crippen LogP contribution in [0.3, 0.4) is 0 Å². The SMILES string of the molecule is COc1ccc(C2C(NCc3ccccc3)=NCN2c2ccc(Cl)c(Cl)c2)cc1. The minimum Gasteiger partial charge on any atom is -0.497 e. The third-order valence-corrected chi connectivity index (χ3v) is 5.69. The van der Waals surface area contributed by atoms with Gasteiger partial charge in [0.2, 0.25) is 0 Å². The highest BCUT2D eigenvalue weighted by Gasteiger charge is 2.31. The van der Waals surface area contributed by atoms with Gasteiger partial charge >= 0.3 is 0 Å². The molecular formula is C23H21Cl2N3O. The first kappa shape index (κ1) is 19.6. The van der Waals surface area contributed by atoms with Crippen LogP contribution in [0.25, 0.3) is 0 Å². The molecule has 0 aliphatic carbocycles. The molecule has 0 aromatic heterocycles. The molecule has 1 unspecified atom stereocenters. The number of ether oxygens (including phenoxy) is 1. The molecule has 148 valence electrons. The summed E-state index contributed by atoms with van der Waals surface area (Å²) in [5.74, 6) is 1.74. The van der Waals surface area contributed by atoms with E-state index in [-0.39, 0.29) is 6.04 Å². The summed E-state index contributed by atoms with van der Waals surface area (Å²) in [5, 5.41) is 4.59. The number of methoxy groups -OCH3 is 1. The number of aliphatic imine (C=N–C) groups is 1. The molecule has 6 heteroatoms. The van der Waals surface area contributed by atoms with E-state index in [1.165, 1.54) is 5.56 Å². The van der Waals surface area contributed by atoms with E-state index >= 15 is 0 Å². The van der Waals surface area contributed by atoms with E-state index in [1.54, 1.807) is 7.11 Å². The lowest BCUT2D eigenvalue weighted by Crippen LogP contribution is -2.34. The Morgan fingerprint density at radius 1 is 1.00 bits per heavy atom. The lowest BCUT2D eigenvalue weighted by atomic mass is 10.0. The van der Waals surface area contributed by atoms with E-state index in [0.717, 1.165) is 22.8 Å². The highest BCUT2D eigenvalue weighted by atomic mass is 35.5. The summed E-state index contributed by atoms with van der Waals surface area (Å²) in [6.45, 7) is 1.24. The molecule has 0 amide bonds. The smallest absolute Gasteiger partial charge is 0.126 e. The zero-order chi connectivity index (χ0) is 20.2. The summed E-state index contributed by atoms with van der Waals surface area (Å²) in [7, 11) is 1.67. The number of benzene rings is 3. The number of nitrogens with zero attached hydrogens (tertiary/aromatic N) is 2. The molecule has 0 fully saturated rings. The summed E-state index contributed by atoms with van der Waals surface area (Å²) in [5.41, 5.74) is 3.30. The Kier molecular flexibility index (Phi) is 5.93. The van der Waals surface area contributed by atoms with Crippen molar-refractivity contribution in [1.29, 1.82) is 0 Å². The molecule has 0 saturated heterocycles. The van der Waals surface area contributed by atoms with E-state index in [0.29, 0.717) is 23.3 Å².